The van der Waals surface area contributed by atoms with Gasteiger partial charge in [0.05, 0.1) is 17.0 Å². The van der Waals surface area contributed by atoms with Gasteiger partial charge in [-0.2, -0.15) is 22.8 Å². The SMILES string of the molecule is O=C(NCc1nnc2ccc(-c3cccs3)nn12)c1ccc(C(F)(F)F)nc1. The molecule has 142 valence electrons. The van der Waals surface area contributed by atoms with Crippen molar-refractivity contribution >= 4 is 22.9 Å². The molecule has 0 saturated carbocycles. The molecule has 7 nitrogen and oxygen atoms in total. The lowest BCUT2D eigenvalue weighted by molar-refractivity contribution is -0.141. The Hall–Kier alpha value is -3.34. The number of fused-ring (bicyclic) bond motifs is 1. The molecule has 0 aliphatic carbocycles. The van der Waals surface area contributed by atoms with Crippen LogP contribution in [0.2, 0.25) is 0 Å². The van der Waals surface area contributed by atoms with Gasteiger partial charge in [-0.3, -0.25) is 9.78 Å². The van der Waals surface area contributed by atoms with Gasteiger partial charge < -0.3 is 5.32 Å². The molecule has 0 aliphatic rings. The van der Waals surface area contributed by atoms with Gasteiger partial charge >= 0.3 is 6.18 Å². The Labute approximate surface area is 159 Å². The molecule has 0 atom stereocenters. The van der Waals surface area contributed by atoms with Crippen LogP contribution in [0.15, 0.2) is 48.0 Å². The zero-order valence-corrected chi connectivity index (χ0v) is 14.8. The molecule has 4 aromatic rings. The number of aromatic nitrogens is 5. The summed E-state index contributed by atoms with van der Waals surface area (Å²) in [5.41, 5.74) is 0.203. The highest BCUT2D eigenvalue weighted by Crippen LogP contribution is 2.27. The van der Waals surface area contributed by atoms with Crippen molar-refractivity contribution < 1.29 is 18.0 Å². The first kappa shape index (κ1) is 18.0. The van der Waals surface area contributed by atoms with Crippen LogP contribution in [0.3, 0.4) is 0 Å². The van der Waals surface area contributed by atoms with Crippen LogP contribution in [0.25, 0.3) is 16.2 Å². The summed E-state index contributed by atoms with van der Waals surface area (Å²) in [6.07, 6.45) is -3.67. The first-order valence-electron chi connectivity index (χ1n) is 7.98. The van der Waals surface area contributed by atoms with E-state index in [0.29, 0.717) is 11.5 Å². The van der Waals surface area contributed by atoms with Gasteiger partial charge in [0.25, 0.3) is 5.91 Å². The van der Waals surface area contributed by atoms with Crippen molar-refractivity contribution in [2.75, 3.05) is 0 Å². The summed E-state index contributed by atoms with van der Waals surface area (Å²) in [6, 6.07) is 9.27. The largest absolute Gasteiger partial charge is 0.433 e. The van der Waals surface area contributed by atoms with Crippen LogP contribution in [0.4, 0.5) is 13.2 Å². The normalized spacial score (nSPS) is 11.7. The molecule has 0 spiro atoms. The first-order chi connectivity index (χ1) is 13.4. The van der Waals surface area contributed by atoms with E-state index in [1.165, 1.54) is 15.9 Å². The monoisotopic (exact) mass is 404 g/mol. The van der Waals surface area contributed by atoms with Crippen LogP contribution in [0.5, 0.6) is 0 Å². The minimum absolute atomic E-state index is 0.00190. The van der Waals surface area contributed by atoms with E-state index in [-0.39, 0.29) is 12.1 Å². The molecular formula is C17H11F3N6OS. The Morgan fingerprint density at radius 2 is 2.00 bits per heavy atom. The number of halogens is 3. The van der Waals surface area contributed by atoms with Crippen LogP contribution in [-0.2, 0) is 12.7 Å². The third-order valence-corrected chi connectivity index (χ3v) is 4.72. The summed E-state index contributed by atoms with van der Waals surface area (Å²) in [6.45, 7) is 0.00190. The van der Waals surface area contributed by atoms with Gasteiger partial charge in [0.2, 0.25) is 0 Å². The number of carbonyl (C=O) groups is 1. The molecule has 1 amide bonds. The maximum atomic E-state index is 12.6. The lowest BCUT2D eigenvalue weighted by Crippen LogP contribution is -2.24. The average molecular weight is 404 g/mol. The third-order valence-electron chi connectivity index (χ3n) is 3.82. The summed E-state index contributed by atoms with van der Waals surface area (Å²) >= 11 is 1.54. The van der Waals surface area contributed by atoms with Gasteiger partial charge in [0.15, 0.2) is 11.5 Å². The highest BCUT2D eigenvalue weighted by atomic mass is 32.1. The smallest absolute Gasteiger partial charge is 0.345 e. The summed E-state index contributed by atoms with van der Waals surface area (Å²) in [4.78, 5) is 16.4. The fraction of sp³-hybridized carbons (Fsp3) is 0.118. The van der Waals surface area contributed by atoms with Crippen LogP contribution in [0.1, 0.15) is 21.9 Å². The lowest BCUT2D eigenvalue weighted by Gasteiger charge is -2.07. The minimum Gasteiger partial charge on any atom is -0.345 e. The molecule has 11 heteroatoms. The van der Waals surface area contributed by atoms with Crippen molar-refractivity contribution in [3.05, 3.63) is 65.1 Å². The molecule has 1 N–H and O–H groups in total. The summed E-state index contributed by atoms with van der Waals surface area (Å²) in [7, 11) is 0. The van der Waals surface area contributed by atoms with E-state index < -0.39 is 17.8 Å². The van der Waals surface area contributed by atoms with Crippen molar-refractivity contribution in [2.24, 2.45) is 0 Å². The highest BCUT2D eigenvalue weighted by molar-refractivity contribution is 7.13. The first-order valence-corrected chi connectivity index (χ1v) is 8.86. The van der Waals surface area contributed by atoms with E-state index in [9.17, 15) is 18.0 Å². The van der Waals surface area contributed by atoms with Gasteiger partial charge in [0.1, 0.15) is 11.4 Å². The highest BCUT2D eigenvalue weighted by Gasteiger charge is 2.32. The number of rotatable bonds is 4. The van der Waals surface area contributed by atoms with Crippen molar-refractivity contribution in [2.45, 2.75) is 12.7 Å². The number of amides is 1. The molecule has 28 heavy (non-hydrogen) atoms. The van der Waals surface area contributed by atoms with Gasteiger partial charge in [-0.1, -0.05) is 6.07 Å². The minimum atomic E-state index is -4.55. The van der Waals surface area contributed by atoms with E-state index in [4.69, 9.17) is 0 Å². The summed E-state index contributed by atoms with van der Waals surface area (Å²) in [5, 5.41) is 17.0. The number of hydrogen-bond donors (Lipinski definition) is 1. The topological polar surface area (TPSA) is 85.1 Å². The fourth-order valence-corrected chi connectivity index (χ4v) is 3.15. The molecule has 0 fully saturated rings. The molecule has 4 heterocycles. The fourth-order valence-electron chi connectivity index (χ4n) is 2.46. The van der Waals surface area contributed by atoms with E-state index in [1.54, 1.807) is 6.07 Å². The van der Waals surface area contributed by atoms with Crippen molar-refractivity contribution in [3.8, 4) is 10.6 Å². The molecule has 4 rings (SSSR count). The van der Waals surface area contributed by atoms with Gasteiger partial charge in [-0.05, 0) is 35.7 Å². The number of alkyl halides is 3. The molecule has 0 unspecified atom stereocenters. The second kappa shape index (κ2) is 7.00. The quantitative estimate of drug-likeness (QED) is 0.565. The Morgan fingerprint density at radius 1 is 1.14 bits per heavy atom. The molecule has 0 saturated heterocycles. The summed E-state index contributed by atoms with van der Waals surface area (Å²) in [5.74, 6) is -0.186. The molecule has 4 aromatic heterocycles. The second-order valence-electron chi connectivity index (χ2n) is 5.69. The van der Waals surface area contributed by atoms with Gasteiger partial charge in [-0.15, -0.1) is 21.5 Å². The average Bonchev–Trinajstić information content (AvgIpc) is 3.35. The lowest BCUT2D eigenvalue weighted by atomic mass is 10.2. The Balaban J connectivity index is 1.51. The standard InChI is InChI=1S/C17H11F3N6OS/c18-17(19,20)13-5-3-10(8-21-13)16(27)22-9-15-24-23-14-6-4-11(25-26(14)15)12-2-1-7-28-12/h1-8H,9H2,(H,22,27). The van der Waals surface area contributed by atoms with Gasteiger partial charge in [0, 0.05) is 6.20 Å². The number of hydrogen-bond acceptors (Lipinski definition) is 6. The number of thiophene rings is 1. The van der Waals surface area contributed by atoms with Crippen molar-refractivity contribution in [1.29, 1.82) is 0 Å². The molecule has 0 radical (unpaired) electrons. The van der Waals surface area contributed by atoms with Crippen LogP contribution in [0, 0.1) is 0 Å². The van der Waals surface area contributed by atoms with Crippen LogP contribution in [-0.4, -0.2) is 30.7 Å². The van der Waals surface area contributed by atoms with Crippen molar-refractivity contribution in [3.63, 3.8) is 0 Å². The van der Waals surface area contributed by atoms with E-state index >= 15 is 0 Å². The van der Waals surface area contributed by atoms with Crippen LogP contribution < -0.4 is 5.32 Å². The zero-order valence-electron chi connectivity index (χ0n) is 14.0. The van der Waals surface area contributed by atoms with E-state index in [0.717, 1.165) is 28.9 Å². The molecular weight excluding hydrogens is 393 g/mol. The van der Waals surface area contributed by atoms with Gasteiger partial charge in [-0.25, -0.2) is 0 Å². The van der Waals surface area contributed by atoms with E-state index in [1.807, 2.05) is 23.6 Å². The molecule has 0 aromatic carbocycles. The number of nitrogens with zero attached hydrogens (tertiary/aromatic N) is 5. The Morgan fingerprint density at radius 3 is 2.68 bits per heavy atom. The maximum Gasteiger partial charge on any atom is 0.433 e. The molecule has 0 aliphatic heterocycles. The molecule has 0 bridgehead atoms. The predicted molar refractivity (Wildman–Crippen MR) is 94.5 cm³/mol. The maximum absolute atomic E-state index is 12.6. The zero-order chi connectivity index (χ0) is 19.7. The summed E-state index contributed by atoms with van der Waals surface area (Å²) < 4.78 is 39.2. The Bertz CT molecular complexity index is 1120. The van der Waals surface area contributed by atoms with E-state index in [2.05, 4.69) is 25.6 Å². The number of nitrogens with one attached hydrogen (secondary N) is 1. The number of carbonyl (C=O) groups excluding carboxylic acids is 1. The predicted octanol–water partition coefficient (Wildman–Crippen LogP) is 3.20. The number of pyridine rings is 1. The Kier molecular flexibility index (Phi) is 4.51. The second-order valence-corrected chi connectivity index (χ2v) is 6.64. The van der Waals surface area contributed by atoms with Crippen molar-refractivity contribution in [1.82, 2.24) is 30.1 Å². The third kappa shape index (κ3) is 3.56. The van der Waals surface area contributed by atoms with Crippen LogP contribution >= 0.6 is 11.3 Å².